The van der Waals surface area contributed by atoms with E-state index in [0.717, 1.165) is 12.1 Å². The Morgan fingerprint density at radius 2 is 1.67 bits per heavy atom. The van der Waals surface area contributed by atoms with Gasteiger partial charge in [0.05, 0.1) is 0 Å². The maximum Gasteiger partial charge on any atom is 0.573 e. The van der Waals surface area contributed by atoms with Crippen LogP contribution in [0.5, 0.6) is 5.75 Å². The summed E-state index contributed by atoms with van der Waals surface area (Å²) in [6, 6.07) is 3.91. The lowest BCUT2D eigenvalue weighted by atomic mass is 10.2. The lowest BCUT2D eigenvalue weighted by Gasteiger charge is -2.16. The number of anilines is 3. The lowest BCUT2D eigenvalue weighted by Crippen LogP contribution is -2.17. The molecule has 0 aliphatic carbocycles. The van der Waals surface area contributed by atoms with Crippen LogP contribution in [0.15, 0.2) is 24.3 Å². The molecule has 11 heteroatoms. The highest BCUT2D eigenvalue weighted by molar-refractivity contribution is 5.62. The molecule has 0 saturated heterocycles. The van der Waals surface area contributed by atoms with Crippen LogP contribution in [0.25, 0.3) is 0 Å². The zero-order valence-electron chi connectivity index (χ0n) is 14.5. The van der Waals surface area contributed by atoms with Crippen LogP contribution in [0, 0.1) is 6.92 Å². The smallest absolute Gasteiger partial charge is 0.406 e. The van der Waals surface area contributed by atoms with Crippen molar-refractivity contribution in [2.24, 2.45) is 0 Å². The Morgan fingerprint density at radius 3 is 2.19 bits per heavy atom. The number of halogens is 6. The van der Waals surface area contributed by atoms with Crippen LogP contribution in [0.4, 0.5) is 43.8 Å². The fourth-order valence-electron chi connectivity index (χ4n) is 2.09. The highest BCUT2D eigenvalue weighted by Crippen LogP contribution is 2.32. The average molecular weight is 394 g/mol. The van der Waals surface area contributed by atoms with Gasteiger partial charge in [-0.2, -0.15) is 18.2 Å². The summed E-state index contributed by atoms with van der Waals surface area (Å²) in [5.74, 6) is -0.823. The van der Waals surface area contributed by atoms with E-state index in [1.165, 1.54) is 13.0 Å². The van der Waals surface area contributed by atoms with E-state index in [4.69, 9.17) is 0 Å². The molecule has 0 radical (unpaired) electrons. The summed E-state index contributed by atoms with van der Waals surface area (Å²) < 4.78 is 79.7. The van der Waals surface area contributed by atoms with Crippen LogP contribution in [-0.2, 0) is 6.18 Å². The number of aryl methyl sites for hydroxylation is 1. The second-order valence-corrected chi connectivity index (χ2v) is 5.91. The molecule has 0 aliphatic rings. The molecule has 27 heavy (non-hydrogen) atoms. The van der Waals surface area contributed by atoms with Gasteiger partial charge in [-0.3, -0.25) is 0 Å². The highest BCUT2D eigenvalue weighted by Gasteiger charge is 2.34. The highest BCUT2D eigenvalue weighted by atomic mass is 19.4. The van der Waals surface area contributed by atoms with E-state index in [1.807, 2.05) is 0 Å². The molecule has 0 aliphatic heterocycles. The normalized spacial score (nSPS) is 12.2. The zero-order valence-corrected chi connectivity index (χ0v) is 14.5. The largest absolute Gasteiger partial charge is 0.573 e. The molecule has 2 aromatic rings. The molecule has 5 nitrogen and oxygen atoms in total. The standard InChI is InChI=1S/C16H16F6N4O/c1-8(2)23-14-25-12(15(17,18)19)7-13(26-14)24-11-5-4-10(6-9(11)3)27-16(20,21)22/h4-8H,1-3H3,(H2,23,24,25,26). The molecule has 0 saturated carbocycles. The molecule has 1 aromatic carbocycles. The van der Waals surface area contributed by atoms with Crippen LogP contribution in [0.3, 0.4) is 0 Å². The van der Waals surface area contributed by atoms with Crippen molar-refractivity contribution < 1.29 is 31.1 Å². The van der Waals surface area contributed by atoms with E-state index in [2.05, 4.69) is 25.3 Å². The van der Waals surface area contributed by atoms with E-state index < -0.39 is 24.0 Å². The van der Waals surface area contributed by atoms with Crippen LogP contribution in [0.2, 0.25) is 0 Å². The van der Waals surface area contributed by atoms with Gasteiger partial charge in [-0.05, 0) is 44.5 Å². The van der Waals surface area contributed by atoms with Gasteiger partial charge in [-0.25, -0.2) is 4.98 Å². The van der Waals surface area contributed by atoms with E-state index in [9.17, 15) is 26.3 Å². The molecular weight excluding hydrogens is 378 g/mol. The maximum absolute atomic E-state index is 13.0. The van der Waals surface area contributed by atoms with Gasteiger partial charge in [-0.1, -0.05) is 0 Å². The number of hydrogen-bond donors (Lipinski definition) is 2. The number of benzene rings is 1. The molecule has 0 amide bonds. The minimum atomic E-state index is -4.84. The third-order valence-corrected chi connectivity index (χ3v) is 3.13. The van der Waals surface area contributed by atoms with Gasteiger partial charge in [0.25, 0.3) is 0 Å². The fraction of sp³-hybridized carbons (Fsp3) is 0.375. The second kappa shape index (κ2) is 7.49. The van der Waals surface area contributed by atoms with Crippen molar-refractivity contribution in [2.75, 3.05) is 10.6 Å². The Bertz CT molecular complexity index is 804. The van der Waals surface area contributed by atoms with E-state index in [1.54, 1.807) is 13.8 Å². The zero-order chi connectivity index (χ0) is 20.4. The number of alkyl halides is 6. The van der Waals surface area contributed by atoms with Crippen molar-refractivity contribution in [3.63, 3.8) is 0 Å². The quantitative estimate of drug-likeness (QED) is 0.677. The summed E-state index contributed by atoms with van der Waals surface area (Å²) >= 11 is 0. The molecule has 2 N–H and O–H groups in total. The maximum atomic E-state index is 13.0. The topological polar surface area (TPSA) is 59.1 Å². The number of ether oxygens (including phenoxy) is 1. The molecule has 0 bridgehead atoms. The molecule has 1 aromatic heterocycles. The number of aromatic nitrogens is 2. The van der Waals surface area contributed by atoms with Gasteiger partial charge < -0.3 is 15.4 Å². The van der Waals surface area contributed by atoms with Gasteiger partial charge in [0.2, 0.25) is 5.95 Å². The number of nitrogens with zero attached hydrogens (tertiary/aromatic N) is 2. The molecular formula is C16H16F6N4O. The van der Waals surface area contributed by atoms with Crippen molar-refractivity contribution >= 4 is 17.5 Å². The van der Waals surface area contributed by atoms with E-state index in [-0.39, 0.29) is 23.5 Å². The monoisotopic (exact) mass is 394 g/mol. The minimum Gasteiger partial charge on any atom is -0.406 e. The number of rotatable bonds is 5. The van der Waals surface area contributed by atoms with Crippen molar-refractivity contribution in [3.8, 4) is 5.75 Å². The predicted molar refractivity (Wildman–Crippen MR) is 86.9 cm³/mol. The summed E-state index contributed by atoms with van der Waals surface area (Å²) in [7, 11) is 0. The Kier molecular flexibility index (Phi) is 5.71. The SMILES string of the molecule is Cc1cc(OC(F)(F)F)ccc1Nc1cc(C(F)(F)F)nc(NC(C)C)n1. The predicted octanol–water partition coefficient (Wildman–Crippen LogP) is 5.27. The average Bonchev–Trinajstić information content (AvgIpc) is 2.46. The van der Waals surface area contributed by atoms with E-state index in [0.29, 0.717) is 11.6 Å². The van der Waals surface area contributed by atoms with Crippen molar-refractivity contribution in [2.45, 2.75) is 39.4 Å². The first kappa shape index (κ1) is 20.6. The summed E-state index contributed by atoms with van der Waals surface area (Å²) in [5.41, 5.74) is -0.563. The van der Waals surface area contributed by atoms with Crippen molar-refractivity contribution in [1.29, 1.82) is 0 Å². The second-order valence-electron chi connectivity index (χ2n) is 5.91. The Balaban J connectivity index is 2.33. The van der Waals surface area contributed by atoms with Gasteiger partial charge in [0, 0.05) is 17.8 Å². The molecule has 0 atom stereocenters. The Labute approximate surface area is 150 Å². The van der Waals surface area contributed by atoms with Crippen molar-refractivity contribution in [3.05, 3.63) is 35.5 Å². The fourth-order valence-corrected chi connectivity index (χ4v) is 2.09. The summed E-state index contributed by atoms with van der Waals surface area (Å²) in [6.45, 7) is 4.89. The van der Waals surface area contributed by atoms with Crippen molar-refractivity contribution in [1.82, 2.24) is 9.97 Å². The summed E-state index contributed by atoms with van der Waals surface area (Å²) in [6.07, 6.45) is -9.53. The molecule has 0 spiro atoms. The molecule has 0 fully saturated rings. The van der Waals surface area contributed by atoms with Gasteiger partial charge in [0.15, 0.2) is 5.69 Å². The number of hydrogen-bond acceptors (Lipinski definition) is 5. The first-order valence-corrected chi connectivity index (χ1v) is 7.70. The molecule has 0 unspecified atom stereocenters. The van der Waals surface area contributed by atoms with E-state index >= 15 is 0 Å². The Morgan fingerprint density at radius 1 is 1.00 bits per heavy atom. The first-order valence-electron chi connectivity index (χ1n) is 7.70. The molecule has 2 rings (SSSR count). The Hall–Kier alpha value is -2.72. The summed E-state index contributed by atoms with van der Waals surface area (Å²) in [5, 5.41) is 5.35. The van der Waals surface area contributed by atoms with Gasteiger partial charge >= 0.3 is 12.5 Å². The number of nitrogens with one attached hydrogen (secondary N) is 2. The third kappa shape index (κ3) is 6.19. The minimum absolute atomic E-state index is 0.159. The van der Waals surface area contributed by atoms with Crippen LogP contribution in [0.1, 0.15) is 25.1 Å². The first-order chi connectivity index (χ1) is 12.3. The van der Waals surface area contributed by atoms with Gasteiger partial charge in [0.1, 0.15) is 11.6 Å². The molecule has 1 heterocycles. The third-order valence-electron chi connectivity index (χ3n) is 3.13. The van der Waals surface area contributed by atoms with Gasteiger partial charge in [-0.15, -0.1) is 13.2 Å². The van der Waals surface area contributed by atoms with Crippen LogP contribution in [-0.4, -0.2) is 22.4 Å². The van der Waals surface area contributed by atoms with Crippen LogP contribution < -0.4 is 15.4 Å². The summed E-state index contributed by atoms with van der Waals surface area (Å²) in [4.78, 5) is 7.39. The lowest BCUT2D eigenvalue weighted by molar-refractivity contribution is -0.274. The van der Waals surface area contributed by atoms with Crippen LogP contribution >= 0.6 is 0 Å². The molecule has 148 valence electrons.